The lowest BCUT2D eigenvalue weighted by molar-refractivity contribution is 0.438. The summed E-state index contributed by atoms with van der Waals surface area (Å²) in [6.07, 6.45) is 3.29. The summed E-state index contributed by atoms with van der Waals surface area (Å²) in [5.41, 5.74) is 0. The second-order valence-corrected chi connectivity index (χ2v) is 2.11. The quantitative estimate of drug-likeness (QED) is 0.453. The minimum Gasteiger partial charge on any atom is -0.463 e. The third-order valence-corrected chi connectivity index (χ3v) is 0.959. The van der Waals surface area contributed by atoms with E-state index >= 15 is 0 Å². The van der Waals surface area contributed by atoms with Crippen LogP contribution in [0.2, 0.25) is 0 Å². The molecule has 10 heavy (non-hydrogen) atoms. The van der Waals surface area contributed by atoms with E-state index in [1.165, 1.54) is 0 Å². The maximum Gasteiger partial charge on any atom is 0.146 e. The molecule has 1 heterocycles. The Kier molecular flexibility index (Phi) is 2.10. The Morgan fingerprint density at radius 3 is 2.90 bits per heavy atom. The smallest absolute Gasteiger partial charge is 0.146 e. The molecule has 0 amide bonds. The van der Waals surface area contributed by atoms with Gasteiger partial charge in [0.2, 0.25) is 0 Å². The zero-order chi connectivity index (χ0) is 7.40. The topological polar surface area (TPSA) is 28.7 Å². The summed E-state index contributed by atoms with van der Waals surface area (Å²) >= 11 is 0. The standard InChI is InChI=1S/C7H10N2O/c1-9(2)8-6-7-4-3-5-10-7/h3-6H,1-2H3/b8-6+. The van der Waals surface area contributed by atoms with Gasteiger partial charge in [-0.05, 0) is 12.1 Å². The Hall–Kier alpha value is -1.25. The number of nitrogens with zero attached hydrogens (tertiary/aromatic N) is 2. The summed E-state index contributed by atoms with van der Waals surface area (Å²) in [4.78, 5) is 0. The Morgan fingerprint density at radius 1 is 1.60 bits per heavy atom. The van der Waals surface area contributed by atoms with Gasteiger partial charge in [0, 0.05) is 14.1 Å². The first kappa shape index (κ1) is 6.86. The molecular formula is C7H10N2O. The molecule has 3 heteroatoms. The summed E-state index contributed by atoms with van der Waals surface area (Å²) in [6, 6.07) is 3.68. The fourth-order valence-electron chi connectivity index (χ4n) is 0.537. The van der Waals surface area contributed by atoms with E-state index in [-0.39, 0.29) is 0 Å². The van der Waals surface area contributed by atoms with Gasteiger partial charge in [0.1, 0.15) is 5.76 Å². The first-order valence-corrected chi connectivity index (χ1v) is 3.04. The van der Waals surface area contributed by atoms with Gasteiger partial charge in [0.05, 0.1) is 12.5 Å². The zero-order valence-corrected chi connectivity index (χ0v) is 6.11. The van der Waals surface area contributed by atoms with Gasteiger partial charge < -0.3 is 9.43 Å². The number of hydrazone groups is 1. The van der Waals surface area contributed by atoms with Crippen LogP contribution >= 0.6 is 0 Å². The van der Waals surface area contributed by atoms with Crippen LogP contribution < -0.4 is 0 Å². The maximum absolute atomic E-state index is 5.01. The van der Waals surface area contributed by atoms with Gasteiger partial charge in [-0.2, -0.15) is 5.10 Å². The maximum atomic E-state index is 5.01. The molecule has 0 N–H and O–H groups in total. The first-order chi connectivity index (χ1) is 4.79. The van der Waals surface area contributed by atoms with Gasteiger partial charge in [-0.1, -0.05) is 0 Å². The highest BCUT2D eigenvalue weighted by atomic mass is 16.3. The van der Waals surface area contributed by atoms with Crippen LogP contribution in [0.1, 0.15) is 5.76 Å². The summed E-state index contributed by atoms with van der Waals surface area (Å²) < 4.78 is 5.01. The zero-order valence-electron chi connectivity index (χ0n) is 6.11. The van der Waals surface area contributed by atoms with Crippen LogP contribution in [0.5, 0.6) is 0 Å². The lowest BCUT2D eigenvalue weighted by atomic mass is 10.5. The highest BCUT2D eigenvalue weighted by Crippen LogP contribution is 1.94. The number of rotatable bonds is 2. The van der Waals surface area contributed by atoms with E-state index < -0.39 is 0 Å². The van der Waals surface area contributed by atoms with Crippen LogP contribution in [0.3, 0.4) is 0 Å². The Bertz CT molecular complexity index is 201. The third-order valence-electron chi connectivity index (χ3n) is 0.959. The fourth-order valence-corrected chi connectivity index (χ4v) is 0.537. The molecule has 0 fully saturated rings. The van der Waals surface area contributed by atoms with E-state index in [1.54, 1.807) is 17.5 Å². The second kappa shape index (κ2) is 3.06. The van der Waals surface area contributed by atoms with Crippen LogP contribution in [0.4, 0.5) is 0 Å². The molecule has 1 rings (SSSR count). The van der Waals surface area contributed by atoms with Crippen molar-refractivity contribution in [2.24, 2.45) is 5.10 Å². The van der Waals surface area contributed by atoms with Crippen LogP contribution in [0.25, 0.3) is 0 Å². The van der Waals surface area contributed by atoms with Crippen molar-refractivity contribution in [2.75, 3.05) is 14.1 Å². The van der Waals surface area contributed by atoms with Gasteiger partial charge in [-0.3, -0.25) is 0 Å². The highest BCUT2D eigenvalue weighted by molar-refractivity contribution is 5.75. The SMILES string of the molecule is CN(C)/N=C/c1ccco1. The molecule has 1 aromatic rings. The van der Waals surface area contributed by atoms with Crippen molar-refractivity contribution in [2.45, 2.75) is 0 Å². The van der Waals surface area contributed by atoms with Crippen molar-refractivity contribution in [1.82, 2.24) is 5.01 Å². The van der Waals surface area contributed by atoms with E-state index in [4.69, 9.17) is 4.42 Å². The van der Waals surface area contributed by atoms with Crippen molar-refractivity contribution in [1.29, 1.82) is 0 Å². The number of hydrogen-bond acceptors (Lipinski definition) is 3. The molecule has 0 unspecified atom stereocenters. The van der Waals surface area contributed by atoms with Crippen molar-refractivity contribution in [3.05, 3.63) is 24.2 Å². The van der Waals surface area contributed by atoms with Crippen LogP contribution in [-0.4, -0.2) is 25.3 Å². The largest absolute Gasteiger partial charge is 0.463 e. The molecule has 0 atom stereocenters. The average molecular weight is 138 g/mol. The van der Waals surface area contributed by atoms with Gasteiger partial charge >= 0.3 is 0 Å². The van der Waals surface area contributed by atoms with E-state index in [0.717, 1.165) is 5.76 Å². The first-order valence-electron chi connectivity index (χ1n) is 3.04. The van der Waals surface area contributed by atoms with Gasteiger partial charge in [0.15, 0.2) is 0 Å². The minimum atomic E-state index is 0.772. The molecule has 0 aliphatic heterocycles. The fraction of sp³-hybridized carbons (Fsp3) is 0.286. The van der Waals surface area contributed by atoms with Crippen LogP contribution in [-0.2, 0) is 0 Å². The van der Waals surface area contributed by atoms with E-state index in [2.05, 4.69) is 5.10 Å². The number of furan rings is 1. The predicted molar refractivity (Wildman–Crippen MR) is 40.0 cm³/mol. The monoisotopic (exact) mass is 138 g/mol. The Labute approximate surface area is 59.9 Å². The lowest BCUT2D eigenvalue weighted by Gasteiger charge is -1.99. The van der Waals surface area contributed by atoms with Gasteiger partial charge in [-0.25, -0.2) is 0 Å². The Balaban J connectivity index is 2.55. The van der Waals surface area contributed by atoms with Crippen molar-refractivity contribution in [3.8, 4) is 0 Å². The lowest BCUT2D eigenvalue weighted by Crippen LogP contribution is -2.01. The van der Waals surface area contributed by atoms with E-state index in [1.807, 2.05) is 26.2 Å². The molecule has 3 nitrogen and oxygen atoms in total. The number of hydrogen-bond donors (Lipinski definition) is 0. The van der Waals surface area contributed by atoms with Crippen LogP contribution in [0, 0.1) is 0 Å². The molecule has 0 spiro atoms. The summed E-state index contributed by atoms with van der Waals surface area (Å²) in [5.74, 6) is 0.772. The van der Waals surface area contributed by atoms with Gasteiger partial charge in [0.25, 0.3) is 0 Å². The van der Waals surface area contributed by atoms with E-state index in [0.29, 0.717) is 0 Å². The normalized spacial score (nSPS) is 10.6. The Morgan fingerprint density at radius 2 is 2.40 bits per heavy atom. The second-order valence-electron chi connectivity index (χ2n) is 2.11. The summed E-state index contributed by atoms with van der Waals surface area (Å²) in [5, 5.41) is 5.69. The molecule has 0 aromatic carbocycles. The average Bonchev–Trinajstić information content (AvgIpc) is 2.34. The molecule has 0 saturated carbocycles. The van der Waals surface area contributed by atoms with Crippen LogP contribution in [0.15, 0.2) is 27.9 Å². The van der Waals surface area contributed by atoms with Crippen molar-refractivity contribution in [3.63, 3.8) is 0 Å². The minimum absolute atomic E-state index is 0.772. The van der Waals surface area contributed by atoms with Crippen molar-refractivity contribution >= 4 is 6.21 Å². The summed E-state index contributed by atoms with van der Waals surface area (Å²) in [7, 11) is 3.72. The molecular weight excluding hydrogens is 128 g/mol. The van der Waals surface area contributed by atoms with Crippen molar-refractivity contribution < 1.29 is 4.42 Å². The predicted octanol–water partition coefficient (Wildman–Crippen LogP) is 1.18. The molecule has 1 aromatic heterocycles. The highest BCUT2D eigenvalue weighted by Gasteiger charge is 1.86. The third kappa shape index (κ3) is 1.93. The summed E-state index contributed by atoms with van der Waals surface area (Å²) in [6.45, 7) is 0. The molecule has 0 aliphatic carbocycles. The molecule has 0 radical (unpaired) electrons. The molecule has 0 aliphatic rings. The van der Waals surface area contributed by atoms with Gasteiger partial charge in [-0.15, -0.1) is 0 Å². The molecule has 0 saturated heterocycles. The molecule has 0 bridgehead atoms. The molecule has 54 valence electrons. The van der Waals surface area contributed by atoms with E-state index in [9.17, 15) is 0 Å².